The van der Waals surface area contributed by atoms with Crippen LogP contribution < -0.4 is 4.74 Å². The monoisotopic (exact) mass is 357 g/mol. The van der Waals surface area contributed by atoms with Crippen LogP contribution in [0.3, 0.4) is 0 Å². The number of nitrogens with zero attached hydrogens (tertiary/aromatic N) is 3. The van der Waals surface area contributed by atoms with Gasteiger partial charge in [0.2, 0.25) is 0 Å². The Bertz CT molecular complexity index is 828. The minimum atomic E-state index is -0.987. The van der Waals surface area contributed by atoms with E-state index >= 15 is 0 Å². The predicted octanol–water partition coefficient (Wildman–Crippen LogP) is 2.05. The molecule has 2 heterocycles. The lowest BCUT2D eigenvalue weighted by molar-refractivity contribution is 0.0693. The van der Waals surface area contributed by atoms with Gasteiger partial charge in [0.05, 0.1) is 25.0 Å². The lowest BCUT2D eigenvalue weighted by Gasteiger charge is -2.27. The molecular weight excluding hydrogens is 334 g/mol. The second-order valence-corrected chi connectivity index (χ2v) is 7.12. The van der Waals surface area contributed by atoms with E-state index in [2.05, 4.69) is 10.00 Å². The quantitative estimate of drug-likeness (QED) is 0.823. The van der Waals surface area contributed by atoms with Crippen molar-refractivity contribution >= 4 is 5.97 Å². The number of rotatable bonds is 6. The summed E-state index contributed by atoms with van der Waals surface area (Å²) in [6.07, 6.45) is 1.72. The first kappa shape index (κ1) is 17.1. The van der Waals surface area contributed by atoms with Crippen LogP contribution in [0.2, 0.25) is 0 Å². The van der Waals surface area contributed by atoms with Gasteiger partial charge in [0.15, 0.2) is 0 Å². The molecule has 1 saturated carbocycles. The Morgan fingerprint density at radius 2 is 2.15 bits per heavy atom. The Morgan fingerprint density at radius 1 is 1.35 bits per heavy atom. The van der Waals surface area contributed by atoms with Crippen LogP contribution in [-0.2, 0) is 19.6 Å². The maximum atomic E-state index is 11.4. The molecule has 0 radical (unpaired) electrons. The SMILES string of the molecule is COc1ccc(CN2CCn3nc(C(O)C4CC4)cc3C2)cc1C(=O)O. The number of aliphatic hydroxyl groups excluding tert-OH is 1. The van der Waals surface area contributed by atoms with Crippen molar-refractivity contribution in [3.8, 4) is 5.75 Å². The van der Waals surface area contributed by atoms with Gasteiger partial charge in [-0.05, 0) is 42.5 Å². The number of carboxylic acid groups (broad SMARTS) is 1. The van der Waals surface area contributed by atoms with Gasteiger partial charge < -0.3 is 14.9 Å². The Hall–Kier alpha value is -2.38. The number of carbonyl (C=O) groups is 1. The topological polar surface area (TPSA) is 87.8 Å². The van der Waals surface area contributed by atoms with Crippen LogP contribution in [0.15, 0.2) is 24.3 Å². The van der Waals surface area contributed by atoms with E-state index in [9.17, 15) is 15.0 Å². The predicted molar refractivity (Wildman–Crippen MR) is 94.0 cm³/mol. The highest BCUT2D eigenvalue weighted by Crippen LogP contribution is 2.40. The summed E-state index contributed by atoms with van der Waals surface area (Å²) in [7, 11) is 1.47. The van der Waals surface area contributed by atoms with Gasteiger partial charge in [0, 0.05) is 19.6 Å². The van der Waals surface area contributed by atoms with Crippen LogP contribution in [0.25, 0.3) is 0 Å². The van der Waals surface area contributed by atoms with Crippen molar-refractivity contribution in [2.75, 3.05) is 13.7 Å². The molecule has 2 N–H and O–H groups in total. The summed E-state index contributed by atoms with van der Waals surface area (Å²) in [6.45, 7) is 3.01. The van der Waals surface area contributed by atoms with E-state index in [1.54, 1.807) is 12.1 Å². The zero-order chi connectivity index (χ0) is 18.3. The van der Waals surface area contributed by atoms with E-state index < -0.39 is 12.1 Å². The minimum absolute atomic E-state index is 0.182. The lowest BCUT2D eigenvalue weighted by atomic mass is 10.1. The highest BCUT2D eigenvalue weighted by Gasteiger charge is 2.33. The van der Waals surface area contributed by atoms with Gasteiger partial charge in [-0.1, -0.05) is 6.07 Å². The molecule has 1 aliphatic heterocycles. The van der Waals surface area contributed by atoms with Crippen molar-refractivity contribution < 1.29 is 19.7 Å². The fraction of sp³-hybridized carbons (Fsp3) is 0.474. The van der Waals surface area contributed by atoms with E-state index in [0.717, 1.165) is 49.4 Å². The van der Waals surface area contributed by atoms with Crippen LogP contribution in [0.4, 0.5) is 0 Å². The van der Waals surface area contributed by atoms with Gasteiger partial charge in [0.25, 0.3) is 0 Å². The van der Waals surface area contributed by atoms with Crippen molar-refractivity contribution in [3.05, 3.63) is 46.8 Å². The van der Waals surface area contributed by atoms with E-state index in [4.69, 9.17) is 4.74 Å². The molecule has 1 atom stereocenters. The zero-order valence-electron chi connectivity index (χ0n) is 14.8. The fourth-order valence-electron chi connectivity index (χ4n) is 3.55. The van der Waals surface area contributed by atoms with E-state index in [1.807, 2.05) is 16.8 Å². The highest BCUT2D eigenvalue weighted by molar-refractivity contribution is 5.91. The van der Waals surface area contributed by atoms with Gasteiger partial charge in [-0.15, -0.1) is 0 Å². The van der Waals surface area contributed by atoms with Crippen LogP contribution in [0, 0.1) is 5.92 Å². The molecule has 138 valence electrons. The number of aliphatic hydroxyl groups is 1. The summed E-state index contributed by atoms with van der Waals surface area (Å²) in [5, 5.41) is 24.2. The molecule has 1 fully saturated rings. The van der Waals surface area contributed by atoms with Gasteiger partial charge in [-0.2, -0.15) is 5.10 Å². The second-order valence-electron chi connectivity index (χ2n) is 7.12. The first-order chi connectivity index (χ1) is 12.5. The van der Waals surface area contributed by atoms with Gasteiger partial charge in [0.1, 0.15) is 17.4 Å². The third kappa shape index (κ3) is 3.32. The van der Waals surface area contributed by atoms with Crippen molar-refractivity contribution in [1.29, 1.82) is 0 Å². The standard InChI is InChI=1S/C19H23N3O4/c1-26-17-5-2-12(8-15(17)19(24)25)10-21-6-7-22-14(11-21)9-16(20-22)18(23)13-3-4-13/h2,5,8-9,13,18,23H,3-4,6-7,10-11H2,1H3,(H,24,25). The number of aromatic nitrogens is 2. The molecule has 0 bridgehead atoms. The number of hydrogen-bond donors (Lipinski definition) is 2. The number of methoxy groups -OCH3 is 1. The normalized spacial score (nSPS) is 18.4. The Balaban J connectivity index is 1.47. The molecule has 0 spiro atoms. The molecule has 2 aromatic rings. The van der Waals surface area contributed by atoms with Gasteiger partial charge in [-0.3, -0.25) is 9.58 Å². The molecule has 1 unspecified atom stereocenters. The number of hydrogen-bond acceptors (Lipinski definition) is 5. The molecule has 1 aromatic carbocycles. The maximum absolute atomic E-state index is 11.4. The van der Waals surface area contributed by atoms with Gasteiger partial charge in [-0.25, -0.2) is 4.79 Å². The average Bonchev–Trinajstić information content (AvgIpc) is 3.40. The summed E-state index contributed by atoms with van der Waals surface area (Å²) < 4.78 is 7.10. The zero-order valence-corrected chi connectivity index (χ0v) is 14.8. The number of carboxylic acids is 1. The summed E-state index contributed by atoms with van der Waals surface area (Å²) in [5.41, 5.74) is 3.00. The second kappa shape index (κ2) is 6.74. The third-order valence-corrected chi connectivity index (χ3v) is 5.17. The fourth-order valence-corrected chi connectivity index (χ4v) is 3.55. The average molecular weight is 357 g/mol. The van der Waals surface area contributed by atoms with E-state index in [1.165, 1.54) is 7.11 Å². The molecule has 0 amide bonds. The van der Waals surface area contributed by atoms with Crippen molar-refractivity contribution in [1.82, 2.24) is 14.7 Å². The number of aromatic carboxylic acids is 1. The maximum Gasteiger partial charge on any atom is 0.339 e. The number of benzene rings is 1. The molecule has 7 nitrogen and oxygen atoms in total. The molecule has 1 aromatic heterocycles. The van der Waals surface area contributed by atoms with Crippen LogP contribution in [-0.4, -0.2) is 44.5 Å². The van der Waals surface area contributed by atoms with Crippen molar-refractivity contribution in [2.45, 2.75) is 38.6 Å². The molecule has 2 aliphatic rings. The number of fused-ring (bicyclic) bond motifs is 1. The molecular formula is C19H23N3O4. The highest BCUT2D eigenvalue weighted by atomic mass is 16.5. The molecule has 1 aliphatic carbocycles. The Kier molecular flexibility index (Phi) is 4.42. The van der Waals surface area contributed by atoms with Crippen LogP contribution in [0.1, 0.15) is 46.3 Å². The molecule has 0 saturated heterocycles. The number of ether oxygens (including phenoxy) is 1. The van der Waals surface area contributed by atoms with Crippen LogP contribution >= 0.6 is 0 Å². The largest absolute Gasteiger partial charge is 0.496 e. The summed E-state index contributed by atoms with van der Waals surface area (Å²) in [4.78, 5) is 13.6. The van der Waals surface area contributed by atoms with E-state index in [0.29, 0.717) is 18.2 Å². The Labute approximate surface area is 151 Å². The summed E-state index contributed by atoms with van der Waals surface area (Å²) in [5.74, 6) is -0.243. The minimum Gasteiger partial charge on any atom is -0.496 e. The van der Waals surface area contributed by atoms with Crippen molar-refractivity contribution in [3.63, 3.8) is 0 Å². The molecule has 26 heavy (non-hydrogen) atoms. The van der Waals surface area contributed by atoms with E-state index in [-0.39, 0.29) is 5.56 Å². The third-order valence-electron chi connectivity index (χ3n) is 5.17. The van der Waals surface area contributed by atoms with Gasteiger partial charge >= 0.3 is 5.97 Å². The molecule has 4 rings (SSSR count). The summed E-state index contributed by atoms with van der Waals surface area (Å²) in [6, 6.07) is 7.29. The Morgan fingerprint density at radius 3 is 2.85 bits per heavy atom. The smallest absolute Gasteiger partial charge is 0.339 e. The first-order valence-electron chi connectivity index (χ1n) is 8.92. The first-order valence-corrected chi connectivity index (χ1v) is 8.92. The lowest BCUT2D eigenvalue weighted by Crippen LogP contribution is -2.33. The van der Waals surface area contributed by atoms with Crippen LogP contribution in [0.5, 0.6) is 5.75 Å². The molecule has 7 heteroatoms. The summed E-state index contributed by atoms with van der Waals surface area (Å²) >= 11 is 0. The van der Waals surface area contributed by atoms with Crippen molar-refractivity contribution in [2.24, 2.45) is 5.92 Å².